The monoisotopic (exact) mass is 337 g/mol. The Morgan fingerprint density at radius 3 is 2.78 bits per heavy atom. The number of rotatable bonds is 3. The van der Waals surface area contributed by atoms with E-state index >= 15 is 0 Å². The van der Waals surface area contributed by atoms with Gasteiger partial charge < -0.3 is 0 Å². The van der Waals surface area contributed by atoms with E-state index in [-0.39, 0.29) is 17.3 Å². The molecule has 0 radical (unpaired) electrons. The summed E-state index contributed by atoms with van der Waals surface area (Å²) >= 11 is 0. The van der Waals surface area contributed by atoms with Crippen molar-refractivity contribution in [3.05, 3.63) is 47.5 Å². The maximum atomic E-state index is 13.5. The van der Waals surface area contributed by atoms with Gasteiger partial charge in [-0.3, -0.25) is 0 Å². The Kier molecular flexibility index (Phi) is 3.80. The van der Waals surface area contributed by atoms with Crippen LogP contribution >= 0.6 is 0 Å². The lowest BCUT2D eigenvalue weighted by molar-refractivity contribution is 0.269. The summed E-state index contributed by atoms with van der Waals surface area (Å²) in [5, 5.41) is 4.37. The third-order valence-corrected chi connectivity index (χ3v) is 4.80. The quantitative estimate of drug-likeness (QED) is 0.936. The second kappa shape index (κ2) is 5.42. The Labute approximate surface area is 135 Å². The molecule has 1 aliphatic rings. The van der Waals surface area contributed by atoms with Crippen molar-refractivity contribution >= 4 is 10.0 Å². The van der Waals surface area contributed by atoms with Gasteiger partial charge in [-0.25, -0.2) is 22.2 Å². The minimum Gasteiger partial charge on any atom is -0.237 e. The first-order chi connectivity index (χ1) is 10.6. The molecule has 1 heterocycles. The topological polar surface area (TPSA) is 64.0 Å². The largest absolute Gasteiger partial charge is 0.237 e. The summed E-state index contributed by atoms with van der Waals surface area (Å²) in [6.45, 7) is 4.19. The highest BCUT2D eigenvalue weighted by molar-refractivity contribution is 7.88. The molecule has 0 unspecified atom stereocenters. The van der Waals surface area contributed by atoms with Gasteiger partial charge in [0, 0.05) is 11.3 Å². The molecule has 2 aromatic rings. The molecule has 0 spiro atoms. The second-order valence-corrected chi connectivity index (χ2v) is 8.71. The SMILES string of the molecule is CC1(C)Cc2c(cnn2-c2cccc(F)c2)[C@@H](NS(C)(=O)=O)C1. The Hall–Kier alpha value is -1.73. The lowest BCUT2D eigenvalue weighted by atomic mass is 9.74. The normalized spacial score (nSPS) is 20.3. The Bertz CT molecular complexity index is 843. The smallest absolute Gasteiger partial charge is 0.209 e. The van der Waals surface area contributed by atoms with Crippen LogP contribution in [0.5, 0.6) is 0 Å². The number of fused-ring (bicyclic) bond motifs is 1. The van der Waals surface area contributed by atoms with Crippen LogP contribution in [0.2, 0.25) is 0 Å². The van der Waals surface area contributed by atoms with Crippen LogP contribution in [0, 0.1) is 11.2 Å². The van der Waals surface area contributed by atoms with Gasteiger partial charge in [-0.15, -0.1) is 0 Å². The fourth-order valence-corrected chi connectivity index (χ4v) is 3.96. The Balaban J connectivity index is 2.08. The maximum absolute atomic E-state index is 13.5. The van der Waals surface area contributed by atoms with Crippen molar-refractivity contribution < 1.29 is 12.8 Å². The van der Waals surface area contributed by atoms with Crippen LogP contribution < -0.4 is 4.72 Å². The summed E-state index contributed by atoms with van der Waals surface area (Å²) in [5.41, 5.74) is 2.34. The van der Waals surface area contributed by atoms with Gasteiger partial charge in [-0.05, 0) is 36.5 Å². The predicted molar refractivity (Wildman–Crippen MR) is 86.3 cm³/mol. The standard InChI is InChI=1S/C16H20FN3O2S/c1-16(2)8-14(19-23(3,21)22)13-10-18-20(15(13)9-16)12-6-4-5-11(17)7-12/h4-7,10,14,19H,8-9H2,1-3H3/t14-/m0/s1. The van der Waals surface area contributed by atoms with Crippen molar-refractivity contribution in [3.8, 4) is 5.69 Å². The van der Waals surface area contributed by atoms with Crippen LogP contribution in [0.3, 0.4) is 0 Å². The van der Waals surface area contributed by atoms with Crippen molar-refractivity contribution in [1.82, 2.24) is 14.5 Å². The van der Waals surface area contributed by atoms with Crippen LogP contribution in [0.25, 0.3) is 5.69 Å². The first kappa shape index (κ1) is 16.1. The average molecular weight is 337 g/mol. The third kappa shape index (κ3) is 3.45. The van der Waals surface area contributed by atoms with E-state index in [9.17, 15) is 12.8 Å². The van der Waals surface area contributed by atoms with Gasteiger partial charge in [0.05, 0.1) is 24.2 Å². The number of halogens is 1. The van der Waals surface area contributed by atoms with E-state index in [0.717, 1.165) is 23.9 Å². The number of nitrogens with one attached hydrogen (secondary N) is 1. The number of nitrogens with zero attached hydrogens (tertiary/aromatic N) is 2. The zero-order valence-corrected chi connectivity index (χ0v) is 14.2. The highest BCUT2D eigenvalue weighted by Crippen LogP contribution is 2.41. The summed E-state index contributed by atoms with van der Waals surface area (Å²) in [4.78, 5) is 0. The van der Waals surface area contributed by atoms with Crippen LogP contribution in [0.4, 0.5) is 4.39 Å². The molecule has 1 aromatic carbocycles. The fourth-order valence-electron chi connectivity index (χ4n) is 3.24. The van der Waals surface area contributed by atoms with Gasteiger partial charge in [0.1, 0.15) is 5.82 Å². The molecule has 0 aliphatic heterocycles. The molecule has 0 bridgehead atoms. The summed E-state index contributed by atoms with van der Waals surface area (Å²) in [6.07, 6.45) is 4.28. The van der Waals surface area contributed by atoms with Crippen molar-refractivity contribution in [2.45, 2.75) is 32.7 Å². The molecule has 1 aliphatic carbocycles. The molecule has 1 aromatic heterocycles. The van der Waals surface area contributed by atoms with E-state index in [1.54, 1.807) is 23.0 Å². The molecule has 0 saturated heterocycles. The number of sulfonamides is 1. The minimum absolute atomic E-state index is 0.0829. The van der Waals surface area contributed by atoms with E-state index in [0.29, 0.717) is 12.1 Å². The van der Waals surface area contributed by atoms with E-state index in [1.807, 2.05) is 0 Å². The summed E-state index contributed by atoms with van der Waals surface area (Å²) in [6, 6.07) is 5.92. The minimum atomic E-state index is -3.33. The molecule has 3 rings (SSSR count). The summed E-state index contributed by atoms with van der Waals surface area (Å²) in [5.74, 6) is -0.326. The lowest BCUT2D eigenvalue weighted by Gasteiger charge is -2.35. The lowest BCUT2D eigenvalue weighted by Crippen LogP contribution is -2.36. The zero-order valence-electron chi connectivity index (χ0n) is 13.4. The molecule has 5 nitrogen and oxygen atoms in total. The molecule has 124 valence electrons. The molecule has 1 atom stereocenters. The molecule has 7 heteroatoms. The molecule has 1 N–H and O–H groups in total. The van der Waals surface area contributed by atoms with Gasteiger partial charge in [-0.1, -0.05) is 19.9 Å². The number of aromatic nitrogens is 2. The zero-order chi connectivity index (χ0) is 16.8. The number of hydrogen-bond donors (Lipinski definition) is 1. The van der Waals surface area contributed by atoms with Crippen molar-refractivity contribution in [2.75, 3.05) is 6.26 Å². The maximum Gasteiger partial charge on any atom is 0.209 e. The molecular weight excluding hydrogens is 317 g/mol. The molecule has 0 saturated carbocycles. The van der Waals surface area contributed by atoms with E-state index in [4.69, 9.17) is 0 Å². The van der Waals surface area contributed by atoms with Gasteiger partial charge in [-0.2, -0.15) is 5.10 Å². The van der Waals surface area contributed by atoms with Crippen LogP contribution in [-0.2, 0) is 16.4 Å². The van der Waals surface area contributed by atoms with Gasteiger partial charge in [0.15, 0.2) is 0 Å². The molecule has 23 heavy (non-hydrogen) atoms. The first-order valence-corrected chi connectivity index (χ1v) is 9.34. The number of hydrogen-bond acceptors (Lipinski definition) is 3. The predicted octanol–water partition coefficient (Wildman–Crippen LogP) is 2.57. The van der Waals surface area contributed by atoms with Crippen LogP contribution in [0.15, 0.2) is 30.5 Å². The average Bonchev–Trinajstić information content (AvgIpc) is 2.79. The second-order valence-electron chi connectivity index (χ2n) is 6.93. The highest BCUT2D eigenvalue weighted by Gasteiger charge is 2.36. The van der Waals surface area contributed by atoms with Crippen molar-refractivity contribution in [1.29, 1.82) is 0 Å². The van der Waals surface area contributed by atoms with Crippen molar-refractivity contribution in [3.63, 3.8) is 0 Å². The van der Waals surface area contributed by atoms with E-state index in [1.165, 1.54) is 12.1 Å². The van der Waals surface area contributed by atoms with E-state index in [2.05, 4.69) is 23.7 Å². The third-order valence-electron chi connectivity index (χ3n) is 4.09. The molecule has 0 amide bonds. The Morgan fingerprint density at radius 2 is 2.13 bits per heavy atom. The van der Waals surface area contributed by atoms with Crippen LogP contribution in [0.1, 0.15) is 37.6 Å². The first-order valence-electron chi connectivity index (χ1n) is 7.45. The fraction of sp³-hybridized carbons (Fsp3) is 0.438. The molecular formula is C16H20FN3O2S. The van der Waals surface area contributed by atoms with Crippen LogP contribution in [-0.4, -0.2) is 24.5 Å². The van der Waals surface area contributed by atoms with Gasteiger partial charge in [0.2, 0.25) is 10.0 Å². The summed E-state index contributed by atoms with van der Waals surface area (Å²) < 4.78 is 41.2. The Morgan fingerprint density at radius 1 is 1.39 bits per heavy atom. The van der Waals surface area contributed by atoms with E-state index < -0.39 is 10.0 Å². The summed E-state index contributed by atoms with van der Waals surface area (Å²) in [7, 11) is -3.33. The van der Waals surface area contributed by atoms with Gasteiger partial charge in [0.25, 0.3) is 0 Å². The number of benzene rings is 1. The van der Waals surface area contributed by atoms with Crippen molar-refractivity contribution in [2.24, 2.45) is 5.41 Å². The van der Waals surface area contributed by atoms with Gasteiger partial charge >= 0.3 is 0 Å². The molecule has 0 fully saturated rings. The highest BCUT2D eigenvalue weighted by atomic mass is 32.2.